The van der Waals surface area contributed by atoms with E-state index in [2.05, 4.69) is 17.1 Å². The number of amides is 1. The van der Waals surface area contributed by atoms with Crippen molar-refractivity contribution in [3.8, 4) is 0 Å². The van der Waals surface area contributed by atoms with E-state index in [0.717, 1.165) is 42.9 Å². The van der Waals surface area contributed by atoms with Crippen LogP contribution >= 0.6 is 0 Å². The number of nitrogens with zero attached hydrogens (tertiary/aromatic N) is 1. The second kappa shape index (κ2) is 6.06. The Bertz CT molecular complexity index is 439. The van der Waals surface area contributed by atoms with E-state index in [9.17, 15) is 4.79 Å². The molecule has 0 radical (unpaired) electrons. The molecule has 0 saturated carbocycles. The highest BCUT2D eigenvalue weighted by atomic mass is 16.6. The molecule has 19 heavy (non-hydrogen) atoms. The molecule has 0 spiro atoms. The largest absolute Gasteiger partial charge is 0.445 e. The van der Waals surface area contributed by atoms with Crippen molar-refractivity contribution in [1.82, 2.24) is 4.90 Å². The maximum absolute atomic E-state index is 11.9. The van der Waals surface area contributed by atoms with Crippen molar-refractivity contribution in [3.63, 3.8) is 0 Å². The molecule has 0 bridgehead atoms. The first-order valence-corrected chi connectivity index (χ1v) is 6.86. The van der Waals surface area contributed by atoms with E-state index in [4.69, 9.17) is 4.74 Å². The maximum Gasteiger partial charge on any atom is 0.411 e. The molecule has 0 unspecified atom stereocenters. The van der Waals surface area contributed by atoms with Gasteiger partial charge < -0.3 is 4.74 Å². The van der Waals surface area contributed by atoms with Gasteiger partial charge in [0.2, 0.25) is 0 Å². The van der Waals surface area contributed by atoms with Gasteiger partial charge in [0, 0.05) is 18.8 Å². The van der Waals surface area contributed by atoms with Crippen molar-refractivity contribution in [2.75, 3.05) is 25.0 Å². The molecule has 4 nitrogen and oxygen atoms in total. The second-order valence-electron chi connectivity index (χ2n) is 5.10. The fourth-order valence-electron chi connectivity index (χ4n) is 2.48. The molecule has 104 valence electrons. The van der Waals surface area contributed by atoms with Gasteiger partial charge in [-0.3, -0.25) is 10.2 Å². The highest BCUT2D eigenvalue weighted by molar-refractivity contribution is 5.86. The van der Waals surface area contributed by atoms with E-state index < -0.39 is 0 Å². The molecule has 1 aromatic rings. The van der Waals surface area contributed by atoms with Gasteiger partial charge >= 0.3 is 6.09 Å². The lowest BCUT2D eigenvalue weighted by molar-refractivity contribution is 0.114. The minimum atomic E-state index is -0.347. The van der Waals surface area contributed by atoms with Crippen LogP contribution in [0.3, 0.4) is 0 Å². The average molecular weight is 262 g/mol. The molecule has 4 heteroatoms. The molecule has 1 saturated heterocycles. The number of likely N-dealkylation sites (tertiary alicyclic amines) is 1. The first-order valence-electron chi connectivity index (χ1n) is 6.86. The van der Waals surface area contributed by atoms with Crippen molar-refractivity contribution in [3.05, 3.63) is 29.3 Å². The number of nitrogens with one attached hydrogen (secondary N) is 1. The molecule has 0 aromatic heterocycles. The van der Waals surface area contributed by atoms with Crippen LogP contribution in [-0.2, 0) is 4.74 Å². The summed E-state index contributed by atoms with van der Waals surface area (Å²) in [5.41, 5.74) is 2.97. The number of para-hydroxylation sites is 1. The fourth-order valence-corrected chi connectivity index (χ4v) is 2.48. The number of aryl methyl sites for hydroxylation is 2. The number of carbonyl (C=O) groups excluding carboxylic acids is 1. The van der Waals surface area contributed by atoms with Gasteiger partial charge in [-0.2, -0.15) is 0 Å². The summed E-state index contributed by atoms with van der Waals surface area (Å²) in [5.74, 6) is 0. The van der Waals surface area contributed by atoms with E-state index >= 15 is 0 Å². The van der Waals surface area contributed by atoms with Crippen LogP contribution in [-0.4, -0.2) is 36.7 Å². The second-order valence-corrected chi connectivity index (χ2v) is 5.10. The standard InChI is InChI=1S/C15H22N2O2/c1-4-17-9-8-13(10-17)19-15(18)16-14-11(2)6-5-7-12(14)3/h5-7,13H,4,8-10H2,1-3H3,(H,16,18)/t13-/m0/s1. The third-order valence-electron chi connectivity index (χ3n) is 3.66. The molecular formula is C15H22N2O2. The number of anilines is 1. The first kappa shape index (κ1) is 13.9. The smallest absolute Gasteiger partial charge is 0.411 e. The van der Waals surface area contributed by atoms with Gasteiger partial charge in [0.25, 0.3) is 0 Å². The van der Waals surface area contributed by atoms with E-state index in [1.165, 1.54) is 0 Å². The maximum atomic E-state index is 11.9. The number of carbonyl (C=O) groups is 1. The highest BCUT2D eigenvalue weighted by Gasteiger charge is 2.24. The molecule has 0 aliphatic carbocycles. The van der Waals surface area contributed by atoms with E-state index in [1.807, 2.05) is 32.0 Å². The Morgan fingerprint density at radius 2 is 2.11 bits per heavy atom. The number of benzene rings is 1. The molecule has 1 atom stereocenters. The summed E-state index contributed by atoms with van der Waals surface area (Å²) in [4.78, 5) is 14.2. The highest BCUT2D eigenvalue weighted by Crippen LogP contribution is 2.20. The lowest BCUT2D eigenvalue weighted by atomic mass is 10.1. The quantitative estimate of drug-likeness (QED) is 0.910. The van der Waals surface area contributed by atoms with Crippen molar-refractivity contribution in [1.29, 1.82) is 0 Å². The normalized spacial score (nSPS) is 19.4. The van der Waals surface area contributed by atoms with E-state index in [1.54, 1.807) is 0 Å². The number of hydrogen-bond donors (Lipinski definition) is 1. The van der Waals surface area contributed by atoms with Crippen LogP contribution in [0, 0.1) is 13.8 Å². The van der Waals surface area contributed by atoms with Gasteiger partial charge in [-0.05, 0) is 37.9 Å². The van der Waals surface area contributed by atoms with Crippen LogP contribution in [0.1, 0.15) is 24.5 Å². The number of hydrogen-bond acceptors (Lipinski definition) is 3. The van der Waals surface area contributed by atoms with Crippen molar-refractivity contribution in [2.24, 2.45) is 0 Å². The van der Waals surface area contributed by atoms with Gasteiger partial charge in [-0.25, -0.2) is 4.79 Å². The monoisotopic (exact) mass is 262 g/mol. The molecule has 1 amide bonds. The van der Waals surface area contributed by atoms with Gasteiger partial charge in [0.05, 0.1) is 0 Å². The van der Waals surface area contributed by atoms with E-state index in [-0.39, 0.29) is 12.2 Å². The number of ether oxygens (including phenoxy) is 1. The van der Waals surface area contributed by atoms with Crippen LogP contribution in [0.5, 0.6) is 0 Å². The Kier molecular flexibility index (Phi) is 4.43. The summed E-state index contributed by atoms with van der Waals surface area (Å²) >= 11 is 0. The predicted octanol–water partition coefficient (Wildman–Crippen LogP) is 2.95. The average Bonchev–Trinajstić information content (AvgIpc) is 2.81. The van der Waals surface area contributed by atoms with Crippen LogP contribution in [0.25, 0.3) is 0 Å². The Morgan fingerprint density at radius 3 is 2.68 bits per heavy atom. The van der Waals surface area contributed by atoms with E-state index in [0.29, 0.717) is 0 Å². The van der Waals surface area contributed by atoms with Crippen LogP contribution in [0.4, 0.5) is 10.5 Å². The van der Waals surface area contributed by atoms with Crippen molar-refractivity contribution >= 4 is 11.8 Å². The third-order valence-corrected chi connectivity index (χ3v) is 3.66. The number of likely N-dealkylation sites (N-methyl/N-ethyl adjacent to an activating group) is 1. The molecule has 1 aliphatic rings. The molecule has 1 N–H and O–H groups in total. The van der Waals surface area contributed by atoms with Crippen molar-refractivity contribution in [2.45, 2.75) is 33.3 Å². The number of rotatable bonds is 3. The van der Waals surface area contributed by atoms with Gasteiger partial charge in [-0.1, -0.05) is 25.1 Å². The summed E-state index contributed by atoms with van der Waals surface area (Å²) in [5, 5.41) is 2.86. The molecule has 1 fully saturated rings. The van der Waals surface area contributed by atoms with Crippen molar-refractivity contribution < 1.29 is 9.53 Å². The van der Waals surface area contributed by atoms with Gasteiger partial charge in [0.1, 0.15) is 6.10 Å². The lowest BCUT2D eigenvalue weighted by Gasteiger charge is -2.16. The summed E-state index contributed by atoms with van der Waals surface area (Å²) in [7, 11) is 0. The summed E-state index contributed by atoms with van der Waals surface area (Å²) in [6.07, 6.45) is 0.596. The SMILES string of the molecule is CCN1CC[C@H](OC(=O)Nc2c(C)cccc2C)C1. The Labute approximate surface area is 114 Å². The summed E-state index contributed by atoms with van der Waals surface area (Å²) in [6.45, 7) is 8.96. The zero-order valence-corrected chi connectivity index (χ0v) is 11.9. The molecule has 1 heterocycles. The topological polar surface area (TPSA) is 41.6 Å². The molecule has 2 rings (SSSR count). The summed E-state index contributed by atoms with van der Waals surface area (Å²) in [6, 6.07) is 5.95. The van der Waals surface area contributed by atoms with Crippen LogP contribution in [0.2, 0.25) is 0 Å². The Morgan fingerprint density at radius 1 is 1.42 bits per heavy atom. The van der Waals surface area contributed by atoms with Gasteiger partial charge in [-0.15, -0.1) is 0 Å². The minimum Gasteiger partial charge on any atom is -0.445 e. The summed E-state index contributed by atoms with van der Waals surface area (Å²) < 4.78 is 5.47. The van der Waals surface area contributed by atoms with Gasteiger partial charge in [0.15, 0.2) is 0 Å². The molecular weight excluding hydrogens is 240 g/mol. The minimum absolute atomic E-state index is 0.0178. The fraction of sp³-hybridized carbons (Fsp3) is 0.533. The van der Waals surface area contributed by atoms with Crippen LogP contribution < -0.4 is 5.32 Å². The molecule has 1 aromatic carbocycles. The third kappa shape index (κ3) is 3.47. The lowest BCUT2D eigenvalue weighted by Crippen LogP contribution is -2.27. The zero-order valence-electron chi connectivity index (χ0n) is 11.9. The zero-order chi connectivity index (χ0) is 13.8. The Balaban J connectivity index is 1.91. The predicted molar refractivity (Wildman–Crippen MR) is 76.5 cm³/mol. The van der Waals surface area contributed by atoms with Crippen LogP contribution in [0.15, 0.2) is 18.2 Å². The Hall–Kier alpha value is -1.55. The first-order chi connectivity index (χ1) is 9.10. The molecule has 1 aliphatic heterocycles.